The zero-order chi connectivity index (χ0) is 23.2. The number of amides is 2. The third kappa shape index (κ3) is 6.10. The number of benzene rings is 2. The number of morpholine rings is 1. The van der Waals surface area contributed by atoms with Gasteiger partial charge in [-0.15, -0.1) is 11.3 Å². The van der Waals surface area contributed by atoms with Crippen molar-refractivity contribution in [3.63, 3.8) is 0 Å². The minimum atomic E-state index is -0.285. The van der Waals surface area contributed by atoms with E-state index < -0.39 is 0 Å². The highest BCUT2D eigenvalue weighted by molar-refractivity contribution is 7.14. The van der Waals surface area contributed by atoms with Gasteiger partial charge in [-0.2, -0.15) is 0 Å². The number of thiazole rings is 1. The number of hydrogen-bond donors (Lipinski definition) is 1. The van der Waals surface area contributed by atoms with Crippen molar-refractivity contribution < 1.29 is 14.3 Å². The fourth-order valence-electron chi connectivity index (χ4n) is 3.51. The van der Waals surface area contributed by atoms with E-state index in [1.807, 2.05) is 55.5 Å². The summed E-state index contributed by atoms with van der Waals surface area (Å²) in [6, 6.07) is 15.2. The van der Waals surface area contributed by atoms with Gasteiger partial charge >= 0.3 is 0 Å². The Morgan fingerprint density at radius 2 is 1.94 bits per heavy atom. The van der Waals surface area contributed by atoms with Crippen LogP contribution in [0, 0.1) is 6.92 Å². The molecule has 3 aromatic rings. The van der Waals surface area contributed by atoms with Crippen LogP contribution in [0.5, 0.6) is 0 Å². The van der Waals surface area contributed by atoms with Crippen molar-refractivity contribution in [1.29, 1.82) is 0 Å². The first-order valence-corrected chi connectivity index (χ1v) is 11.9. The summed E-state index contributed by atoms with van der Waals surface area (Å²) in [7, 11) is 0. The Bertz CT molecular complexity index is 1120. The largest absolute Gasteiger partial charge is 0.378 e. The predicted molar refractivity (Wildman–Crippen MR) is 130 cm³/mol. The van der Waals surface area contributed by atoms with Gasteiger partial charge in [0.25, 0.3) is 5.91 Å². The molecule has 7 nitrogen and oxygen atoms in total. The van der Waals surface area contributed by atoms with Gasteiger partial charge < -0.3 is 19.9 Å². The van der Waals surface area contributed by atoms with Crippen molar-refractivity contribution in [1.82, 2.24) is 14.8 Å². The Morgan fingerprint density at radius 3 is 2.70 bits per heavy atom. The second kappa shape index (κ2) is 10.8. The SMILES string of the molecule is Cc1ccc(Cl)cc1Nc1nc(C(=O)N(CC(=O)N2CCOCC2)Cc2ccccc2)cs1. The molecule has 0 atom stereocenters. The molecule has 1 aromatic heterocycles. The Labute approximate surface area is 201 Å². The lowest BCUT2D eigenvalue weighted by Crippen LogP contribution is -2.47. The molecule has 172 valence electrons. The topological polar surface area (TPSA) is 74.8 Å². The van der Waals surface area contributed by atoms with E-state index in [1.165, 1.54) is 11.3 Å². The molecule has 33 heavy (non-hydrogen) atoms. The molecule has 2 heterocycles. The Balaban J connectivity index is 1.51. The number of rotatable bonds is 7. The number of nitrogens with zero attached hydrogens (tertiary/aromatic N) is 3. The average molecular weight is 485 g/mol. The van der Waals surface area contributed by atoms with Crippen molar-refractivity contribution in [2.45, 2.75) is 13.5 Å². The number of carbonyl (C=O) groups excluding carboxylic acids is 2. The van der Waals surface area contributed by atoms with Crippen LogP contribution in [-0.4, -0.2) is 59.4 Å². The van der Waals surface area contributed by atoms with E-state index in [1.54, 1.807) is 15.2 Å². The maximum Gasteiger partial charge on any atom is 0.274 e. The molecule has 0 aliphatic carbocycles. The van der Waals surface area contributed by atoms with E-state index in [4.69, 9.17) is 16.3 Å². The highest BCUT2D eigenvalue weighted by atomic mass is 35.5. The Morgan fingerprint density at radius 1 is 1.18 bits per heavy atom. The third-order valence-corrected chi connectivity index (χ3v) is 6.35. The molecule has 0 unspecified atom stereocenters. The number of aromatic nitrogens is 1. The highest BCUT2D eigenvalue weighted by Gasteiger charge is 2.25. The van der Waals surface area contributed by atoms with Gasteiger partial charge in [-0.3, -0.25) is 9.59 Å². The number of ether oxygens (including phenoxy) is 1. The first-order valence-electron chi connectivity index (χ1n) is 10.7. The molecule has 1 N–H and O–H groups in total. The van der Waals surface area contributed by atoms with Gasteiger partial charge in [-0.1, -0.05) is 48.0 Å². The summed E-state index contributed by atoms with van der Waals surface area (Å²) in [6.45, 7) is 4.39. The molecule has 1 aliphatic rings. The van der Waals surface area contributed by atoms with Crippen molar-refractivity contribution in [3.8, 4) is 0 Å². The van der Waals surface area contributed by atoms with Crippen LogP contribution in [0.4, 0.5) is 10.8 Å². The van der Waals surface area contributed by atoms with Crippen LogP contribution in [0.2, 0.25) is 5.02 Å². The van der Waals surface area contributed by atoms with E-state index in [0.717, 1.165) is 16.8 Å². The number of halogens is 1. The molecule has 0 saturated carbocycles. The fourth-order valence-corrected chi connectivity index (χ4v) is 4.38. The quantitative estimate of drug-likeness (QED) is 0.539. The minimum absolute atomic E-state index is 0.0125. The van der Waals surface area contributed by atoms with Crippen molar-refractivity contribution >= 4 is 45.6 Å². The van der Waals surface area contributed by atoms with E-state index in [-0.39, 0.29) is 18.4 Å². The monoisotopic (exact) mass is 484 g/mol. The lowest BCUT2D eigenvalue weighted by molar-refractivity contribution is -0.136. The van der Waals surface area contributed by atoms with Gasteiger partial charge in [-0.05, 0) is 30.2 Å². The fraction of sp³-hybridized carbons (Fsp3) is 0.292. The van der Waals surface area contributed by atoms with Crippen LogP contribution in [0.25, 0.3) is 0 Å². The number of nitrogens with one attached hydrogen (secondary N) is 1. The molecule has 2 aromatic carbocycles. The van der Waals surface area contributed by atoms with E-state index in [2.05, 4.69) is 10.3 Å². The van der Waals surface area contributed by atoms with Crippen LogP contribution in [0.3, 0.4) is 0 Å². The number of aryl methyl sites for hydroxylation is 1. The van der Waals surface area contributed by atoms with Crippen LogP contribution >= 0.6 is 22.9 Å². The zero-order valence-corrected chi connectivity index (χ0v) is 19.9. The summed E-state index contributed by atoms with van der Waals surface area (Å²) in [5.41, 5.74) is 3.10. The Hall–Kier alpha value is -2.94. The zero-order valence-electron chi connectivity index (χ0n) is 18.3. The van der Waals surface area contributed by atoms with Gasteiger partial charge in [0, 0.05) is 35.7 Å². The molecule has 1 saturated heterocycles. The van der Waals surface area contributed by atoms with E-state index >= 15 is 0 Å². The third-order valence-electron chi connectivity index (χ3n) is 5.36. The summed E-state index contributed by atoms with van der Waals surface area (Å²) in [5.74, 6) is -0.377. The maximum absolute atomic E-state index is 13.4. The van der Waals surface area contributed by atoms with Crippen LogP contribution in [-0.2, 0) is 16.1 Å². The summed E-state index contributed by atoms with van der Waals surface area (Å²) < 4.78 is 5.34. The molecule has 2 amide bonds. The van der Waals surface area contributed by atoms with Crippen LogP contribution in [0.1, 0.15) is 21.6 Å². The number of carbonyl (C=O) groups is 2. The lowest BCUT2D eigenvalue weighted by Gasteiger charge is -2.30. The van der Waals surface area contributed by atoms with E-state index in [0.29, 0.717) is 48.7 Å². The normalized spacial score (nSPS) is 13.6. The van der Waals surface area contributed by atoms with Gasteiger partial charge in [0.05, 0.1) is 13.2 Å². The molecule has 9 heteroatoms. The Kier molecular flexibility index (Phi) is 7.59. The molecule has 0 bridgehead atoms. The predicted octanol–water partition coefficient (Wildman–Crippen LogP) is 4.35. The van der Waals surface area contributed by atoms with Gasteiger partial charge in [-0.25, -0.2) is 4.98 Å². The second-order valence-electron chi connectivity index (χ2n) is 7.76. The standard InChI is InChI=1S/C24H25ClN4O3S/c1-17-7-8-19(25)13-20(17)26-24-27-21(16-33-24)23(31)29(14-18-5-3-2-4-6-18)15-22(30)28-9-11-32-12-10-28/h2-8,13,16H,9-12,14-15H2,1H3,(H,26,27). The lowest BCUT2D eigenvalue weighted by atomic mass is 10.2. The van der Waals surface area contributed by atoms with Gasteiger partial charge in [0.15, 0.2) is 5.13 Å². The van der Waals surface area contributed by atoms with Crippen LogP contribution in [0.15, 0.2) is 53.9 Å². The summed E-state index contributed by atoms with van der Waals surface area (Å²) in [4.78, 5) is 34.0. The molecule has 1 aliphatic heterocycles. The smallest absolute Gasteiger partial charge is 0.274 e. The number of anilines is 2. The summed E-state index contributed by atoms with van der Waals surface area (Å²) >= 11 is 7.44. The molecular formula is C24H25ClN4O3S. The van der Waals surface area contributed by atoms with Crippen LogP contribution < -0.4 is 5.32 Å². The van der Waals surface area contributed by atoms with Gasteiger partial charge in [0.1, 0.15) is 12.2 Å². The first kappa shape index (κ1) is 23.2. The minimum Gasteiger partial charge on any atom is -0.378 e. The molecule has 0 radical (unpaired) electrons. The molecule has 0 spiro atoms. The summed E-state index contributed by atoms with van der Waals surface area (Å²) in [6.07, 6.45) is 0. The average Bonchev–Trinajstić information content (AvgIpc) is 3.30. The van der Waals surface area contributed by atoms with Crippen molar-refractivity contribution in [2.75, 3.05) is 38.2 Å². The molecular weight excluding hydrogens is 460 g/mol. The van der Waals surface area contributed by atoms with Gasteiger partial charge in [0.2, 0.25) is 5.91 Å². The van der Waals surface area contributed by atoms with Crippen molar-refractivity contribution in [2.24, 2.45) is 0 Å². The van der Waals surface area contributed by atoms with E-state index in [9.17, 15) is 9.59 Å². The molecule has 1 fully saturated rings. The van der Waals surface area contributed by atoms with Crippen molar-refractivity contribution in [3.05, 3.63) is 75.8 Å². The first-order chi connectivity index (χ1) is 16.0. The second-order valence-corrected chi connectivity index (χ2v) is 9.06. The number of hydrogen-bond acceptors (Lipinski definition) is 6. The maximum atomic E-state index is 13.4. The highest BCUT2D eigenvalue weighted by Crippen LogP contribution is 2.26. The summed E-state index contributed by atoms with van der Waals surface area (Å²) in [5, 5.41) is 6.15. The molecule has 4 rings (SSSR count).